The van der Waals surface area contributed by atoms with E-state index in [1.807, 2.05) is 0 Å². The number of aryl methyl sites for hydroxylation is 2. The molecule has 0 aromatic carbocycles. The van der Waals surface area contributed by atoms with E-state index in [0.717, 1.165) is 4.52 Å². The van der Waals surface area contributed by atoms with Gasteiger partial charge in [-0.1, -0.05) is 0 Å². The van der Waals surface area contributed by atoms with Gasteiger partial charge in [-0.05, 0) is 25.8 Å². The number of carbonyl (C=O) groups is 2. The van der Waals surface area contributed by atoms with E-state index in [4.69, 9.17) is 4.74 Å². The topological polar surface area (TPSA) is 111 Å². The zero-order valence-corrected chi connectivity index (χ0v) is 15.7. The van der Waals surface area contributed by atoms with E-state index in [1.54, 1.807) is 13.8 Å². The largest absolute Gasteiger partial charge is 0.453 e. The highest BCUT2D eigenvalue weighted by Gasteiger charge is 2.36. The molecule has 12 heteroatoms. The number of alkyl halides is 3. The smallest absolute Gasteiger partial charge is 0.383 e. The van der Waals surface area contributed by atoms with Gasteiger partial charge in [-0.2, -0.15) is 18.2 Å². The number of halogens is 3. The van der Waals surface area contributed by atoms with Gasteiger partial charge in [-0.25, -0.2) is 9.50 Å². The Kier molecular flexibility index (Phi) is 6.89. The quantitative estimate of drug-likeness (QED) is 0.625. The Hall–Kier alpha value is -2.76. The van der Waals surface area contributed by atoms with E-state index >= 15 is 0 Å². The Balaban J connectivity index is 2.00. The van der Waals surface area contributed by atoms with Gasteiger partial charge in [0.25, 0.3) is 11.6 Å². The molecule has 0 unspecified atom stereocenters. The van der Waals surface area contributed by atoms with Gasteiger partial charge >= 0.3 is 6.18 Å². The number of nitrogens with one attached hydrogen (secondary N) is 2. The van der Waals surface area contributed by atoms with Crippen molar-refractivity contribution in [1.82, 2.24) is 30.2 Å². The maximum Gasteiger partial charge on any atom is 0.453 e. The minimum absolute atomic E-state index is 0.0427. The number of aromatic nitrogens is 4. The molecule has 0 saturated heterocycles. The number of hydrogen-bond donors (Lipinski definition) is 2. The highest BCUT2D eigenvalue weighted by Crippen LogP contribution is 2.27. The molecule has 2 aromatic heterocycles. The maximum atomic E-state index is 12.8. The standard InChI is InChI=1S/C16H21F3N6O3/c1-9-11(4-5-12(26)21-8-13(27)20-6-7-28-3)10(2)25-15(22-9)23-14(24-25)16(17,18)19/h4-8H2,1-3H3,(H,20,27)(H,21,26). The first-order chi connectivity index (χ1) is 13.1. The highest BCUT2D eigenvalue weighted by atomic mass is 19.4. The van der Waals surface area contributed by atoms with Gasteiger partial charge in [-0.3, -0.25) is 9.59 Å². The third kappa shape index (κ3) is 5.38. The molecule has 0 aliphatic heterocycles. The summed E-state index contributed by atoms with van der Waals surface area (Å²) in [6.07, 6.45) is -4.39. The number of amides is 2. The molecule has 0 atom stereocenters. The lowest BCUT2D eigenvalue weighted by Gasteiger charge is -2.10. The zero-order chi connectivity index (χ0) is 20.9. The fraction of sp³-hybridized carbons (Fsp3) is 0.562. The number of hydrogen-bond acceptors (Lipinski definition) is 6. The van der Waals surface area contributed by atoms with E-state index in [1.165, 1.54) is 7.11 Å². The summed E-state index contributed by atoms with van der Waals surface area (Å²) in [5, 5.41) is 8.51. The van der Waals surface area contributed by atoms with Crippen LogP contribution in [0.25, 0.3) is 5.78 Å². The number of rotatable bonds is 8. The van der Waals surface area contributed by atoms with Crippen LogP contribution < -0.4 is 10.6 Å². The molecule has 28 heavy (non-hydrogen) atoms. The summed E-state index contributed by atoms with van der Waals surface area (Å²) >= 11 is 0. The molecule has 0 fully saturated rings. The van der Waals surface area contributed by atoms with Gasteiger partial charge in [0, 0.05) is 31.5 Å². The predicted molar refractivity (Wildman–Crippen MR) is 91.5 cm³/mol. The first kappa shape index (κ1) is 21.5. The molecule has 0 saturated carbocycles. The zero-order valence-electron chi connectivity index (χ0n) is 15.7. The van der Waals surface area contributed by atoms with E-state index in [9.17, 15) is 22.8 Å². The van der Waals surface area contributed by atoms with Crippen molar-refractivity contribution in [2.75, 3.05) is 26.8 Å². The summed E-state index contributed by atoms with van der Waals surface area (Å²) < 4.78 is 44.2. The summed E-state index contributed by atoms with van der Waals surface area (Å²) in [6, 6.07) is 0. The molecule has 0 bridgehead atoms. The van der Waals surface area contributed by atoms with Crippen LogP contribution in [0.1, 0.15) is 29.2 Å². The normalized spacial score (nSPS) is 11.6. The number of methoxy groups -OCH3 is 1. The van der Waals surface area contributed by atoms with Crippen molar-refractivity contribution in [2.24, 2.45) is 0 Å². The number of carbonyl (C=O) groups excluding carboxylic acids is 2. The second-order valence-electron chi connectivity index (χ2n) is 6.03. The van der Waals surface area contributed by atoms with Crippen molar-refractivity contribution in [2.45, 2.75) is 32.9 Å². The van der Waals surface area contributed by atoms with Crippen LogP contribution in [0, 0.1) is 13.8 Å². The van der Waals surface area contributed by atoms with E-state index < -0.39 is 12.0 Å². The summed E-state index contributed by atoms with van der Waals surface area (Å²) in [5.41, 5.74) is 1.50. The van der Waals surface area contributed by atoms with Crippen molar-refractivity contribution in [1.29, 1.82) is 0 Å². The van der Waals surface area contributed by atoms with Gasteiger partial charge in [0.1, 0.15) is 0 Å². The second kappa shape index (κ2) is 8.95. The summed E-state index contributed by atoms with van der Waals surface area (Å²) in [7, 11) is 1.51. The highest BCUT2D eigenvalue weighted by molar-refractivity contribution is 5.84. The van der Waals surface area contributed by atoms with Crippen LogP contribution in [0.15, 0.2) is 0 Å². The Labute approximate surface area is 158 Å². The molecule has 2 aromatic rings. The predicted octanol–water partition coefficient (Wildman–Crippen LogP) is 0.571. The SMILES string of the molecule is COCCNC(=O)CNC(=O)CCc1c(C)nc2nc(C(F)(F)F)nn2c1C. The first-order valence-electron chi connectivity index (χ1n) is 8.46. The van der Waals surface area contributed by atoms with E-state index in [-0.39, 0.29) is 37.0 Å². The van der Waals surface area contributed by atoms with E-state index in [0.29, 0.717) is 30.1 Å². The number of fused-ring (bicyclic) bond motifs is 1. The van der Waals surface area contributed by atoms with Crippen LogP contribution in [-0.2, 0) is 26.9 Å². The molecule has 0 aliphatic rings. The molecule has 0 radical (unpaired) electrons. The van der Waals surface area contributed by atoms with Crippen molar-refractivity contribution >= 4 is 17.6 Å². The van der Waals surface area contributed by atoms with Crippen molar-refractivity contribution in [3.8, 4) is 0 Å². The summed E-state index contributed by atoms with van der Waals surface area (Å²) in [5.74, 6) is -2.13. The molecule has 2 rings (SSSR count). The lowest BCUT2D eigenvalue weighted by molar-refractivity contribution is -0.144. The number of ether oxygens (including phenoxy) is 1. The van der Waals surface area contributed by atoms with Gasteiger partial charge in [-0.15, -0.1) is 5.10 Å². The van der Waals surface area contributed by atoms with Crippen LogP contribution in [0.2, 0.25) is 0 Å². The molecular formula is C16H21F3N6O3. The molecule has 0 spiro atoms. The Morgan fingerprint density at radius 1 is 1.14 bits per heavy atom. The lowest BCUT2D eigenvalue weighted by Crippen LogP contribution is -2.38. The van der Waals surface area contributed by atoms with Crippen molar-refractivity contribution < 1.29 is 27.5 Å². The van der Waals surface area contributed by atoms with Gasteiger partial charge in [0.05, 0.1) is 13.2 Å². The Morgan fingerprint density at radius 3 is 2.50 bits per heavy atom. The molecular weight excluding hydrogens is 381 g/mol. The average molecular weight is 402 g/mol. The Bertz CT molecular complexity index is 865. The van der Waals surface area contributed by atoms with Crippen LogP contribution in [0.3, 0.4) is 0 Å². The van der Waals surface area contributed by atoms with Gasteiger partial charge in [0.15, 0.2) is 0 Å². The third-order valence-corrected chi connectivity index (χ3v) is 3.98. The van der Waals surface area contributed by atoms with Crippen molar-refractivity contribution in [3.05, 3.63) is 22.8 Å². The monoisotopic (exact) mass is 402 g/mol. The third-order valence-electron chi connectivity index (χ3n) is 3.98. The minimum atomic E-state index is -4.67. The minimum Gasteiger partial charge on any atom is -0.383 e. The van der Waals surface area contributed by atoms with Crippen LogP contribution in [-0.4, -0.2) is 58.2 Å². The first-order valence-corrected chi connectivity index (χ1v) is 8.46. The second-order valence-corrected chi connectivity index (χ2v) is 6.03. The Morgan fingerprint density at radius 2 is 1.86 bits per heavy atom. The lowest BCUT2D eigenvalue weighted by atomic mass is 10.1. The van der Waals surface area contributed by atoms with Crippen molar-refractivity contribution in [3.63, 3.8) is 0 Å². The fourth-order valence-corrected chi connectivity index (χ4v) is 2.55. The maximum absolute atomic E-state index is 12.8. The summed E-state index contributed by atoms with van der Waals surface area (Å²) in [4.78, 5) is 30.9. The van der Waals surface area contributed by atoms with Gasteiger partial charge < -0.3 is 15.4 Å². The average Bonchev–Trinajstić information content (AvgIpc) is 3.04. The molecule has 0 aliphatic carbocycles. The molecule has 2 amide bonds. The molecule has 2 heterocycles. The fourth-order valence-electron chi connectivity index (χ4n) is 2.55. The van der Waals surface area contributed by atoms with Gasteiger partial charge in [0.2, 0.25) is 11.8 Å². The van der Waals surface area contributed by atoms with Crippen LogP contribution in [0.5, 0.6) is 0 Å². The summed E-state index contributed by atoms with van der Waals surface area (Å²) in [6.45, 7) is 3.76. The van der Waals surface area contributed by atoms with E-state index in [2.05, 4.69) is 25.7 Å². The molecule has 9 nitrogen and oxygen atoms in total. The van der Waals surface area contributed by atoms with Crippen LogP contribution in [0.4, 0.5) is 13.2 Å². The molecule has 2 N–H and O–H groups in total. The number of nitrogens with zero attached hydrogens (tertiary/aromatic N) is 4. The molecule has 154 valence electrons. The van der Waals surface area contributed by atoms with Crippen LogP contribution >= 0.6 is 0 Å².